The molecule has 0 unspecified atom stereocenters. The molecule has 2 saturated heterocycles. The van der Waals surface area contributed by atoms with E-state index in [1.165, 1.54) is 18.4 Å². The number of nitrogens with one attached hydrogen (secondary N) is 1. The summed E-state index contributed by atoms with van der Waals surface area (Å²) >= 11 is 1.52. The average molecular weight is 401 g/mol. The number of nitrogens with zero attached hydrogens (tertiary/aromatic N) is 3. The first-order valence-electron chi connectivity index (χ1n) is 9.88. The Morgan fingerprint density at radius 3 is 2.86 bits per heavy atom. The molecule has 1 amide bonds. The van der Waals surface area contributed by atoms with Gasteiger partial charge < -0.3 is 9.64 Å². The fourth-order valence-corrected chi connectivity index (χ4v) is 5.88. The van der Waals surface area contributed by atoms with E-state index in [0.29, 0.717) is 24.3 Å². The molecule has 7 nitrogen and oxygen atoms in total. The van der Waals surface area contributed by atoms with Crippen LogP contribution in [0, 0.1) is 12.3 Å². The van der Waals surface area contributed by atoms with Gasteiger partial charge in [-0.25, -0.2) is 4.98 Å². The van der Waals surface area contributed by atoms with Crippen LogP contribution in [0.3, 0.4) is 0 Å². The van der Waals surface area contributed by atoms with Gasteiger partial charge in [0.2, 0.25) is 0 Å². The zero-order chi connectivity index (χ0) is 19.5. The molecule has 2 aliphatic heterocycles. The standard InChI is InChI=1S/C20H24N4O3S/c1-11-16(17(23-22-11)12-3-4-12)18(25)24-14-5-6-15(24)20(8-14,19(26)27-2)7-13-9-28-10-21-13/h9-10,12,14-15H,3-8H2,1-2H3,(H,22,23)/t14-,15+,20+/m1/s1. The Labute approximate surface area is 167 Å². The number of aromatic amines is 1. The minimum absolute atomic E-state index is 0.0182. The van der Waals surface area contributed by atoms with E-state index in [9.17, 15) is 9.59 Å². The summed E-state index contributed by atoms with van der Waals surface area (Å²) in [5.41, 5.74) is 4.41. The number of carbonyl (C=O) groups is 2. The zero-order valence-electron chi connectivity index (χ0n) is 16.1. The summed E-state index contributed by atoms with van der Waals surface area (Å²) in [6.45, 7) is 1.91. The van der Waals surface area contributed by atoms with Gasteiger partial charge in [-0.1, -0.05) is 0 Å². The highest BCUT2D eigenvalue weighted by atomic mass is 32.1. The molecular formula is C20H24N4O3S. The van der Waals surface area contributed by atoms with Gasteiger partial charge in [0.1, 0.15) is 0 Å². The van der Waals surface area contributed by atoms with E-state index in [1.54, 1.807) is 5.51 Å². The molecule has 1 N–H and O–H groups in total. The van der Waals surface area contributed by atoms with E-state index in [0.717, 1.165) is 42.8 Å². The lowest BCUT2D eigenvalue weighted by Gasteiger charge is -2.34. The van der Waals surface area contributed by atoms with Crippen LogP contribution in [-0.4, -0.2) is 51.2 Å². The second kappa shape index (κ2) is 6.40. The molecule has 28 heavy (non-hydrogen) atoms. The molecule has 4 heterocycles. The third kappa shape index (κ3) is 2.53. The van der Waals surface area contributed by atoms with E-state index in [1.807, 2.05) is 17.2 Å². The Morgan fingerprint density at radius 2 is 2.18 bits per heavy atom. The number of thiazole rings is 1. The number of rotatable bonds is 5. The monoisotopic (exact) mass is 400 g/mol. The van der Waals surface area contributed by atoms with Crippen molar-refractivity contribution in [3.8, 4) is 0 Å². The fraction of sp³-hybridized carbons (Fsp3) is 0.600. The molecule has 3 fully saturated rings. The third-order valence-corrected chi connectivity index (χ3v) is 7.34. The van der Waals surface area contributed by atoms with E-state index in [-0.39, 0.29) is 24.0 Å². The molecule has 2 bridgehead atoms. The number of esters is 1. The van der Waals surface area contributed by atoms with Crippen LogP contribution >= 0.6 is 11.3 Å². The van der Waals surface area contributed by atoms with Crippen molar-refractivity contribution < 1.29 is 14.3 Å². The summed E-state index contributed by atoms with van der Waals surface area (Å²) in [5, 5.41) is 9.40. The van der Waals surface area contributed by atoms with Crippen LogP contribution in [0.5, 0.6) is 0 Å². The lowest BCUT2D eigenvalue weighted by Crippen LogP contribution is -2.47. The van der Waals surface area contributed by atoms with Gasteiger partial charge in [0, 0.05) is 35.5 Å². The minimum Gasteiger partial charge on any atom is -0.469 e. The fourth-order valence-electron chi connectivity index (χ4n) is 5.32. The van der Waals surface area contributed by atoms with Crippen LogP contribution in [0.25, 0.3) is 0 Å². The topological polar surface area (TPSA) is 88.2 Å². The number of hydrogen-bond donors (Lipinski definition) is 1. The number of aryl methyl sites for hydroxylation is 1. The molecule has 2 aromatic rings. The Morgan fingerprint density at radius 1 is 1.36 bits per heavy atom. The lowest BCUT2D eigenvalue weighted by atomic mass is 9.71. The molecular weight excluding hydrogens is 376 g/mol. The maximum absolute atomic E-state index is 13.6. The maximum atomic E-state index is 13.6. The van der Waals surface area contributed by atoms with Gasteiger partial charge in [-0.3, -0.25) is 14.7 Å². The molecule has 1 saturated carbocycles. The molecule has 5 rings (SSSR count). The van der Waals surface area contributed by atoms with Crippen molar-refractivity contribution in [3.63, 3.8) is 0 Å². The molecule has 1 aliphatic carbocycles. The Kier molecular flexibility index (Phi) is 4.08. The Hall–Kier alpha value is -2.22. The van der Waals surface area contributed by atoms with Crippen molar-refractivity contribution in [1.82, 2.24) is 20.1 Å². The Bertz CT molecular complexity index is 920. The molecule has 148 valence electrons. The highest BCUT2D eigenvalue weighted by molar-refractivity contribution is 7.07. The highest BCUT2D eigenvalue weighted by Gasteiger charge is 2.62. The van der Waals surface area contributed by atoms with Gasteiger partial charge in [-0.05, 0) is 39.0 Å². The number of hydrogen-bond acceptors (Lipinski definition) is 6. The van der Waals surface area contributed by atoms with E-state index >= 15 is 0 Å². The van der Waals surface area contributed by atoms with Crippen molar-refractivity contribution >= 4 is 23.2 Å². The number of aromatic nitrogens is 3. The summed E-state index contributed by atoms with van der Waals surface area (Å²) in [4.78, 5) is 33.0. The SMILES string of the molecule is COC(=O)[C@@]1(Cc2cscn2)C[C@H]2CC[C@@H]1N2C(=O)c1c(C2CC2)n[nH]c1C. The molecule has 3 aliphatic rings. The minimum atomic E-state index is -0.710. The summed E-state index contributed by atoms with van der Waals surface area (Å²) in [5.74, 6) is 0.186. The van der Waals surface area contributed by atoms with Crippen molar-refractivity contribution in [2.75, 3.05) is 7.11 Å². The largest absolute Gasteiger partial charge is 0.469 e. The number of amides is 1. The number of fused-ring (bicyclic) bond motifs is 2. The number of methoxy groups -OCH3 is 1. The van der Waals surface area contributed by atoms with Gasteiger partial charge in [0.15, 0.2) is 0 Å². The van der Waals surface area contributed by atoms with E-state index < -0.39 is 5.41 Å². The first kappa shape index (κ1) is 17.8. The molecule has 0 spiro atoms. The van der Waals surface area contributed by atoms with Crippen molar-refractivity contribution in [2.24, 2.45) is 5.41 Å². The number of carbonyl (C=O) groups excluding carboxylic acids is 2. The van der Waals surface area contributed by atoms with Crippen LogP contribution in [0.2, 0.25) is 0 Å². The van der Waals surface area contributed by atoms with Crippen LogP contribution in [-0.2, 0) is 16.0 Å². The van der Waals surface area contributed by atoms with Crippen LogP contribution < -0.4 is 0 Å². The quantitative estimate of drug-likeness (QED) is 0.780. The second-order valence-electron chi connectivity index (χ2n) is 8.35. The third-order valence-electron chi connectivity index (χ3n) is 6.70. The molecule has 2 aromatic heterocycles. The first-order valence-corrected chi connectivity index (χ1v) is 10.8. The number of H-pyrrole nitrogens is 1. The van der Waals surface area contributed by atoms with Crippen LogP contribution in [0.4, 0.5) is 0 Å². The zero-order valence-corrected chi connectivity index (χ0v) is 16.9. The number of ether oxygens (including phenoxy) is 1. The summed E-state index contributed by atoms with van der Waals surface area (Å²) in [6.07, 6.45) is 5.10. The van der Waals surface area contributed by atoms with Crippen LogP contribution in [0.1, 0.15) is 65.5 Å². The van der Waals surface area contributed by atoms with Gasteiger partial charge in [-0.15, -0.1) is 11.3 Å². The van der Waals surface area contributed by atoms with Gasteiger partial charge in [0.05, 0.1) is 35.0 Å². The summed E-state index contributed by atoms with van der Waals surface area (Å²) in [7, 11) is 1.44. The van der Waals surface area contributed by atoms with Gasteiger partial charge in [0.25, 0.3) is 5.91 Å². The molecule has 8 heteroatoms. The first-order chi connectivity index (χ1) is 13.5. The van der Waals surface area contributed by atoms with Crippen molar-refractivity contribution in [2.45, 2.75) is 63.5 Å². The predicted molar refractivity (Wildman–Crippen MR) is 103 cm³/mol. The second-order valence-corrected chi connectivity index (χ2v) is 9.07. The highest BCUT2D eigenvalue weighted by Crippen LogP contribution is 2.53. The maximum Gasteiger partial charge on any atom is 0.314 e. The molecule has 3 atom stereocenters. The van der Waals surface area contributed by atoms with Crippen molar-refractivity contribution in [3.05, 3.63) is 33.5 Å². The van der Waals surface area contributed by atoms with Crippen molar-refractivity contribution in [1.29, 1.82) is 0 Å². The molecule has 0 aromatic carbocycles. The summed E-state index contributed by atoms with van der Waals surface area (Å²) < 4.78 is 5.23. The van der Waals surface area contributed by atoms with E-state index in [4.69, 9.17) is 4.74 Å². The Balaban J connectivity index is 1.51. The molecule has 0 radical (unpaired) electrons. The predicted octanol–water partition coefficient (Wildman–Crippen LogP) is 2.83. The van der Waals surface area contributed by atoms with Gasteiger partial charge >= 0.3 is 5.97 Å². The summed E-state index contributed by atoms with van der Waals surface area (Å²) in [6, 6.07) is -0.0860. The van der Waals surface area contributed by atoms with Gasteiger partial charge in [-0.2, -0.15) is 5.10 Å². The van der Waals surface area contributed by atoms with Crippen LogP contribution in [0.15, 0.2) is 10.9 Å². The normalized spacial score (nSPS) is 28.7. The van der Waals surface area contributed by atoms with E-state index in [2.05, 4.69) is 15.2 Å². The smallest absolute Gasteiger partial charge is 0.314 e. The lowest BCUT2D eigenvalue weighted by molar-refractivity contribution is -0.154. The average Bonchev–Trinajstić information content (AvgIpc) is 3.03.